The standard InChI is InChI=1S/C21H21N3O2S2/c1-14-13-28-21(26)24(14)9-8-20(25)23-12-17(19-7-4-10-27-19)16-11-22-18-6-3-2-5-15(16)18/h2-7,10-11,13,17,22H,8-9,12H2,1H3,(H,23,25)/t17-/m1/s1. The highest BCUT2D eigenvalue weighted by atomic mass is 32.1. The Balaban J connectivity index is 1.48. The third-order valence-electron chi connectivity index (χ3n) is 4.93. The largest absolute Gasteiger partial charge is 0.361 e. The summed E-state index contributed by atoms with van der Waals surface area (Å²) < 4.78 is 1.65. The van der Waals surface area contributed by atoms with Crippen molar-refractivity contribution in [3.8, 4) is 0 Å². The Morgan fingerprint density at radius 3 is 2.82 bits per heavy atom. The maximum atomic E-state index is 12.4. The molecule has 0 saturated heterocycles. The number of nitrogens with zero attached hydrogens (tertiary/aromatic N) is 1. The number of thiazole rings is 1. The van der Waals surface area contributed by atoms with E-state index in [2.05, 4.69) is 33.9 Å². The van der Waals surface area contributed by atoms with Crippen LogP contribution < -0.4 is 10.2 Å². The van der Waals surface area contributed by atoms with Gasteiger partial charge in [0.15, 0.2) is 0 Å². The number of fused-ring (bicyclic) bond motifs is 1. The van der Waals surface area contributed by atoms with Crippen LogP contribution in [0.15, 0.2) is 58.1 Å². The van der Waals surface area contributed by atoms with Crippen molar-refractivity contribution in [1.29, 1.82) is 0 Å². The lowest BCUT2D eigenvalue weighted by atomic mass is 9.96. The van der Waals surface area contributed by atoms with Gasteiger partial charge in [-0.2, -0.15) is 0 Å². The number of rotatable bonds is 7. The summed E-state index contributed by atoms with van der Waals surface area (Å²) in [5, 5.41) is 8.13. The molecule has 0 aliphatic heterocycles. The number of hydrogen-bond acceptors (Lipinski definition) is 4. The minimum absolute atomic E-state index is 0.0134. The van der Waals surface area contributed by atoms with E-state index < -0.39 is 0 Å². The highest BCUT2D eigenvalue weighted by molar-refractivity contribution is 7.10. The Morgan fingerprint density at radius 1 is 1.21 bits per heavy atom. The molecular weight excluding hydrogens is 390 g/mol. The smallest absolute Gasteiger partial charge is 0.307 e. The maximum Gasteiger partial charge on any atom is 0.307 e. The van der Waals surface area contributed by atoms with E-state index in [-0.39, 0.29) is 16.7 Å². The number of benzene rings is 1. The molecule has 0 aliphatic rings. The fourth-order valence-electron chi connectivity index (χ4n) is 3.43. The van der Waals surface area contributed by atoms with Crippen LogP contribution in [0.25, 0.3) is 10.9 Å². The lowest BCUT2D eigenvalue weighted by Crippen LogP contribution is -2.30. The second-order valence-corrected chi connectivity index (χ2v) is 8.51. The third-order valence-corrected chi connectivity index (χ3v) is 6.79. The van der Waals surface area contributed by atoms with Gasteiger partial charge in [-0.15, -0.1) is 11.3 Å². The SMILES string of the molecule is Cc1csc(=O)n1CCC(=O)NC[C@@H](c1cccs1)c1c[nH]c2ccccc12. The molecule has 0 saturated carbocycles. The molecule has 0 aliphatic carbocycles. The van der Waals surface area contributed by atoms with Crippen LogP contribution in [-0.2, 0) is 11.3 Å². The van der Waals surface area contributed by atoms with Gasteiger partial charge in [-0.05, 0) is 30.0 Å². The zero-order valence-corrected chi connectivity index (χ0v) is 17.1. The van der Waals surface area contributed by atoms with Gasteiger partial charge in [0, 0.05) is 58.5 Å². The third kappa shape index (κ3) is 3.81. The monoisotopic (exact) mass is 411 g/mol. The van der Waals surface area contributed by atoms with E-state index in [9.17, 15) is 9.59 Å². The van der Waals surface area contributed by atoms with Gasteiger partial charge in [-0.25, -0.2) is 0 Å². The summed E-state index contributed by atoms with van der Waals surface area (Å²) in [5.41, 5.74) is 3.18. The van der Waals surface area contributed by atoms with Crippen molar-refractivity contribution in [2.75, 3.05) is 6.54 Å². The second kappa shape index (κ2) is 8.16. The van der Waals surface area contributed by atoms with Crippen molar-refractivity contribution in [1.82, 2.24) is 14.9 Å². The molecule has 0 spiro atoms. The number of aromatic amines is 1. The fourth-order valence-corrected chi connectivity index (χ4v) is 5.03. The summed E-state index contributed by atoms with van der Waals surface area (Å²) in [4.78, 5) is 28.8. The van der Waals surface area contributed by atoms with E-state index in [1.807, 2.05) is 36.7 Å². The van der Waals surface area contributed by atoms with Crippen molar-refractivity contribution >= 4 is 39.5 Å². The van der Waals surface area contributed by atoms with Gasteiger partial charge in [-0.1, -0.05) is 35.6 Å². The van der Waals surface area contributed by atoms with Crippen LogP contribution in [0.1, 0.15) is 28.5 Å². The lowest BCUT2D eigenvalue weighted by Gasteiger charge is -2.16. The number of para-hydroxylation sites is 1. The lowest BCUT2D eigenvalue weighted by molar-refractivity contribution is -0.121. The number of carbonyl (C=O) groups excluding carboxylic acids is 1. The molecular formula is C21H21N3O2S2. The molecule has 2 N–H and O–H groups in total. The van der Waals surface area contributed by atoms with Crippen molar-refractivity contribution in [2.45, 2.75) is 25.8 Å². The van der Waals surface area contributed by atoms with Crippen LogP contribution in [0, 0.1) is 6.92 Å². The number of H-pyrrole nitrogens is 1. The van der Waals surface area contributed by atoms with Crippen LogP contribution in [0.4, 0.5) is 0 Å². The first kappa shape index (κ1) is 18.7. The number of nitrogens with one attached hydrogen (secondary N) is 2. The van der Waals surface area contributed by atoms with Crippen molar-refractivity contribution < 1.29 is 4.79 Å². The number of aromatic nitrogens is 2. The summed E-state index contributed by atoms with van der Waals surface area (Å²) in [6.07, 6.45) is 2.33. The summed E-state index contributed by atoms with van der Waals surface area (Å²) in [5.74, 6) is 0.0459. The maximum absolute atomic E-state index is 12.4. The minimum Gasteiger partial charge on any atom is -0.361 e. The van der Waals surface area contributed by atoms with E-state index in [4.69, 9.17) is 0 Å². The molecule has 0 fully saturated rings. The van der Waals surface area contributed by atoms with E-state index in [1.54, 1.807) is 15.9 Å². The topological polar surface area (TPSA) is 66.9 Å². The predicted octanol–water partition coefficient (Wildman–Crippen LogP) is 4.10. The average molecular weight is 412 g/mol. The molecule has 4 rings (SSSR count). The molecule has 3 aromatic heterocycles. The fraction of sp³-hybridized carbons (Fsp3) is 0.238. The molecule has 3 heterocycles. The first-order valence-electron chi connectivity index (χ1n) is 9.14. The number of hydrogen-bond donors (Lipinski definition) is 2. The van der Waals surface area contributed by atoms with Crippen molar-refractivity contribution in [3.05, 3.63) is 79.2 Å². The summed E-state index contributed by atoms with van der Waals surface area (Å²) in [6, 6.07) is 12.4. The van der Waals surface area contributed by atoms with Gasteiger partial charge in [0.25, 0.3) is 0 Å². The first-order chi connectivity index (χ1) is 13.6. The number of amides is 1. The van der Waals surface area contributed by atoms with Gasteiger partial charge >= 0.3 is 4.87 Å². The minimum atomic E-state index is -0.0427. The molecule has 144 valence electrons. The first-order valence-corrected chi connectivity index (χ1v) is 10.9. The molecule has 0 bridgehead atoms. The Hall–Kier alpha value is -2.64. The van der Waals surface area contributed by atoms with Gasteiger partial charge < -0.3 is 14.9 Å². The van der Waals surface area contributed by atoms with E-state index in [1.165, 1.54) is 27.2 Å². The molecule has 1 atom stereocenters. The van der Waals surface area contributed by atoms with Crippen LogP contribution in [0.2, 0.25) is 0 Å². The van der Waals surface area contributed by atoms with Crippen LogP contribution in [-0.4, -0.2) is 22.0 Å². The molecule has 7 heteroatoms. The van der Waals surface area contributed by atoms with Gasteiger partial charge in [-0.3, -0.25) is 9.59 Å². The average Bonchev–Trinajstić information content (AvgIpc) is 3.43. The van der Waals surface area contributed by atoms with Gasteiger partial charge in [0.05, 0.1) is 0 Å². The predicted molar refractivity (Wildman–Crippen MR) is 115 cm³/mol. The number of aryl methyl sites for hydroxylation is 1. The summed E-state index contributed by atoms with van der Waals surface area (Å²) in [6.45, 7) is 2.83. The van der Waals surface area contributed by atoms with Crippen molar-refractivity contribution in [2.24, 2.45) is 0 Å². The molecule has 5 nitrogen and oxygen atoms in total. The molecule has 28 heavy (non-hydrogen) atoms. The number of thiophene rings is 1. The molecule has 1 aromatic carbocycles. The van der Waals surface area contributed by atoms with Crippen LogP contribution in [0.5, 0.6) is 0 Å². The Morgan fingerprint density at radius 2 is 2.07 bits per heavy atom. The molecule has 1 amide bonds. The van der Waals surface area contributed by atoms with Crippen molar-refractivity contribution in [3.63, 3.8) is 0 Å². The highest BCUT2D eigenvalue weighted by Crippen LogP contribution is 2.32. The number of carbonyl (C=O) groups is 1. The molecule has 0 radical (unpaired) electrons. The molecule has 4 aromatic rings. The van der Waals surface area contributed by atoms with E-state index in [0.29, 0.717) is 19.5 Å². The van der Waals surface area contributed by atoms with E-state index >= 15 is 0 Å². The zero-order valence-electron chi connectivity index (χ0n) is 15.5. The van der Waals surface area contributed by atoms with E-state index in [0.717, 1.165) is 11.2 Å². The summed E-state index contributed by atoms with van der Waals surface area (Å²) in [7, 11) is 0. The van der Waals surface area contributed by atoms with Gasteiger partial charge in [0.2, 0.25) is 5.91 Å². The summed E-state index contributed by atoms with van der Waals surface area (Å²) >= 11 is 2.87. The normalized spacial score (nSPS) is 12.3. The zero-order chi connectivity index (χ0) is 19.5. The van der Waals surface area contributed by atoms with Crippen LogP contribution in [0.3, 0.4) is 0 Å². The quantitative estimate of drug-likeness (QED) is 0.481. The van der Waals surface area contributed by atoms with Gasteiger partial charge in [0.1, 0.15) is 0 Å². The molecule has 0 unspecified atom stereocenters. The highest BCUT2D eigenvalue weighted by Gasteiger charge is 2.20. The Kier molecular flexibility index (Phi) is 5.45. The van der Waals surface area contributed by atoms with Crippen LogP contribution >= 0.6 is 22.7 Å². The second-order valence-electron chi connectivity index (χ2n) is 6.71. The Bertz CT molecular complexity index is 1140. The Labute approximate surface area is 170 Å².